The second kappa shape index (κ2) is 5.43. The predicted molar refractivity (Wildman–Crippen MR) is 76.8 cm³/mol. The van der Waals surface area contributed by atoms with Gasteiger partial charge in [0.05, 0.1) is 11.7 Å². The normalized spacial score (nSPS) is 15.4. The lowest BCUT2D eigenvalue weighted by Crippen LogP contribution is -2.21. The highest BCUT2D eigenvalue weighted by Gasteiger charge is 2.18. The number of aromatic nitrogens is 2. The van der Waals surface area contributed by atoms with Crippen molar-refractivity contribution in [3.05, 3.63) is 27.1 Å². The number of rotatable bonds is 3. The van der Waals surface area contributed by atoms with Crippen LogP contribution in [-0.2, 0) is 19.4 Å². The first-order chi connectivity index (χ1) is 9.31. The van der Waals surface area contributed by atoms with E-state index in [2.05, 4.69) is 4.98 Å². The van der Waals surface area contributed by atoms with Gasteiger partial charge in [-0.3, -0.25) is 9.36 Å². The topological polar surface area (TPSA) is 55.1 Å². The Kier molecular flexibility index (Phi) is 3.66. The maximum atomic E-state index is 12.5. The molecule has 0 amide bonds. The fourth-order valence-corrected chi connectivity index (χ4v) is 3.98. The molecule has 2 aromatic rings. The van der Waals surface area contributed by atoms with Crippen LogP contribution >= 0.6 is 11.3 Å². The molecule has 2 heterocycles. The molecule has 0 unspecified atom stereocenters. The molecule has 0 atom stereocenters. The summed E-state index contributed by atoms with van der Waals surface area (Å²) in [7, 11) is 0. The zero-order chi connectivity index (χ0) is 13.2. The second-order valence-electron chi connectivity index (χ2n) is 5.06. The Bertz CT molecular complexity index is 645. The van der Waals surface area contributed by atoms with Crippen molar-refractivity contribution in [3.8, 4) is 0 Å². The van der Waals surface area contributed by atoms with Gasteiger partial charge in [-0.05, 0) is 37.7 Å². The van der Waals surface area contributed by atoms with Crippen LogP contribution < -0.4 is 5.56 Å². The van der Waals surface area contributed by atoms with Crippen molar-refractivity contribution >= 4 is 21.6 Å². The summed E-state index contributed by atoms with van der Waals surface area (Å²) < 4.78 is 1.64. The SMILES string of the molecule is O=c1c2c3c(sc2ncn1CCCO)CCCCC3. The standard InChI is InChI=1S/C14H18N2O2S/c17-8-4-7-16-9-15-13-12(14(16)18)10-5-2-1-3-6-11(10)19-13/h9,17H,1-8H2. The molecule has 1 aliphatic carbocycles. The van der Waals surface area contributed by atoms with E-state index in [1.807, 2.05) is 0 Å². The van der Waals surface area contributed by atoms with Gasteiger partial charge in [0.25, 0.3) is 5.56 Å². The van der Waals surface area contributed by atoms with E-state index in [1.165, 1.54) is 29.7 Å². The quantitative estimate of drug-likeness (QED) is 0.875. The van der Waals surface area contributed by atoms with Crippen LogP contribution in [0.5, 0.6) is 0 Å². The number of aryl methyl sites for hydroxylation is 3. The van der Waals surface area contributed by atoms with Gasteiger partial charge < -0.3 is 5.11 Å². The van der Waals surface area contributed by atoms with Gasteiger partial charge in [0.1, 0.15) is 4.83 Å². The first-order valence-electron chi connectivity index (χ1n) is 6.92. The number of thiophene rings is 1. The molecule has 0 radical (unpaired) electrons. The molecule has 2 aromatic heterocycles. The largest absolute Gasteiger partial charge is 0.396 e. The average Bonchev–Trinajstić information content (AvgIpc) is 2.61. The molecule has 4 nitrogen and oxygen atoms in total. The van der Waals surface area contributed by atoms with E-state index < -0.39 is 0 Å². The van der Waals surface area contributed by atoms with Gasteiger partial charge in [0, 0.05) is 18.0 Å². The van der Waals surface area contributed by atoms with Crippen LogP contribution in [0.1, 0.15) is 36.1 Å². The van der Waals surface area contributed by atoms with E-state index in [0.717, 1.165) is 23.1 Å². The van der Waals surface area contributed by atoms with Crippen molar-refractivity contribution in [1.82, 2.24) is 9.55 Å². The molecule has 0 aliphatic heterocycles. The summed E-state index contributed by atoms with van der Waals surface area (Å²) in [5, 5.41) is 9.72. The van der Waals surface area contributed by atoms with Crippen LogP contribution in [0.3, 0.4) is 0 Å². The molecule has 0 spiro atoms. The fourth-order valence-electron chi connectivity index (χ4n) is 2.76. The zero-order valence-electron chi connectivity index (χ0n) is 10.9. The Labute approximate surface area is 115 Å². The van der Waals surface area contributed by atoms with Crippen LogP contribution in [0.15, 0.2) is 11.1 Å². The molecule has 19 heavy (non-hydrogen) atoms. The number of hydrogen-bond acceptors (Lipinski definition) is 4. The van der Waals surface area contributed by atoms with Gasteiger partial charge >= 0.3 is 0 Å². The zero-order valence-corrected chi connectivity index (χ0v) is 11.7. The second-order valence-corrected chi connectivity index (χ2v) is 6.15. The first-order valence-corrected chi connectivity index (χ1v) is 7.73. The molecule has 102 valence electrons. The summed E-state index contributed by atoms with van der Waals surface area (Å²) in [6.07, 6.45) is 7.96. The van der Waals surface area contributed by atoms with Crippen LogP contribution in [0.4, 0.5) is 0 Å². The van der Waals surface area contributed by atoms with Crippen molar-refractivity contribution in [1.29, 1.82) is 0 Å². The Hall–Kier alpha value is -1.20. The maximum Gasteiger partial charge on any atom is 0.262 e. The highest BCUT2D eigenvalue weighted by atomic mass is 32.1. The lowest BCUT2D eigenvalue weighted by atomic mass is 10.1. The van der Waals surface area contributed by atoms with E-state index in [4.69, 9.17) is 5.11 Å². The molecule has 0 saturated carbocycles. The van der Waals surface area contributed by atoms with Gasteiger partial charge in [-0.1, -0.05) is 6.42 Å². The Morgan fingerprint density at radius 2 is 2.16 bits per heavy atom. The minimum atomic E-state index is 0.0675. The van der Waals surface area contributed by atoms with Gasteiger partial charge in [0.15, 0.2) is 0 Å². The molecule has 0 fully saturated rings. The summed E-state index contributed by atoms with van der Waals surface area (Å²) in [6.45, 7) is 0.648. The maximum absolute atomic E-state index is 12.5. The lowest BCUT2D eigenvalue weighted by molar-refractivity contribution is 0.279. The van der Waals surface area contributed by atoms with Crippen molar-refractivity contribution in [2.24, 2.45) is 0 Å². The third-order valence-electron chi connectivity index (χ3n) is 3.75. The molecule has 0 saturated heterocycles. The van der Waals surface area contributed by atoms with E-state index in [1.54, 1.807) is 22.2 Å². The van der Waals surface area contributed by atoms with Crippen LogP contribution in [0.2, 0.25) is 0 Å². The van der Waals surface area contributed by atoms with Crippen LogP contribution in [0.25, 0.3) is 10.2 Å². The first kappa shape index (κ1) is 12.8. The molecule has 0 bridgehead atoms. The molecule has 5 heteroatoms. The molecule has 3 rings (SSSR count). The van der Waals surface area contributed by atoms with Crippen LogP contribution in [-0.4, -0.2) is 21.3 Å². The van der Waals surface area contributed by atoms with E-state index in [0.29, 0.717) is 13.0 Å². The van der Waals surface area contributed by atoms with Gasteiger partial charge in [-0.15, -0.1) is 11.3 Å². The summed E-state index contributed by atoms with van der Waals surface area (Å²) in [5.41, 5.74) is 1.31. The summed E-state index contributed by atoms with van der Waals surface area (Å²) >= 11 is 1.69. The van der Waals surface area contributed by atoms with Gasteiger partial charge in [-0.25, -0.2) is 4.98 Å². The predicted octanol–water partition coefficient (Wildman–Crippen LogP) is 2.11. The Morgan fingerprint density at radius 1 is 1.32 bits per heavy atom. The highest BCUT2D eigenvalue weighted by molar-refractivity contribution is 7.18. The summed E-state index contributed by atoms with van der Waals surface area (Å²) in [5.74, 6) is 0. The molecule has 1 N–H and O–H groups in total. The summed E-state index contributed by atoms with van der Waals surface area (Å²) in [4.78, 5) is 19.2. The molecule has 1 aliphatic rings. The minimum Gasteiger partial charge on any atom is -0.396 e. The van der Waals surface area contributed by atoms with Crippen molar-refractivity contribution in [3.63, 3.8) is 0 Å². The molecule has 0 aromatic carbocycles. The van der Waals surface area contributed by atoms with E-state index in [-0.39, 0.29) is 12.2 Å². The minimum absolute atomic E-state index is 0.0675. The van der Waals surface area contributed by atoms with Gasteiger partial charge in [-0.2, -0.15) is 0 Å². The van der Waals surface area contributed by atoms with E-state index >= 15 is 0 Å². The number of fused-ring (bicyclic) bond motifs is 3. The smallest absolute Gasteiger partial charge is 0.262 e. The third-order valence-corrected chi connectivity index (χ3v) is 4.95. The van der Waals surface area contributed by atoms with Crippen LogP contribution in [0, 0.1) is 0 Å². The molecular formula is C14H18N2O2S. The van der Waals surface area contributed by atoms with Crippen molar-refractivity contribution in [2.45, 2.75) is 45.1 Å². The molecular weight excluding hydrogens is 260 g/mol. The number of aliphatic hydroxyl groups excluding tert-OH is 1. The Morgan fingerprint density at radius 3 is 3.00 bits per heavy atom. The fraction of sp³-hybridized carbons (Fsp3) is 0.571. The number of aliphatic hydroxyl groups is 1. The van der Waals surface area contributed by atoms with E-state index in [9.17, 15) is 4.79 Å². The monoisotopic (exact) mass is 278 g/mol. The lowest BCUT2D eigenvalue weighted by Gasteiger charge is -2.04. The number of hydrogen-bond donors (Lipinski definition) is 1. The van der Waals surface area contributed by atoms with Gasteiger partial charge in [0.2, 0.25) is 0 Å². The highest BCUT2D eigenvalue weighted by Crippen LogP contribution is 2.32. The van der Waals surface area contributed by atoms with Crippen molar-refractivity contribution in [2.75, 3.05) is 6.61 Å². The summed E-state index contributed by atoms with van der Waals surface area (Å²) in [6, 6.07) is 0. The number of nitrogens with zero attached hydrogens (tertiary/aromatic N) is 2. The van der Waals surface area contributed by atoms with Crippen molar-refractivity contribution < 1.29 is 5.11 Å². The average molecular weight is 278 g/mol. The third kappa shape index (κ3) is 2.32. The Balaban J connectivity index is 2.13.